The molecular formula is C39H58Cl2N9O11PSi. The molecule has 3 aromatic heterocycles. The normalized spacial score (nSPS) is 21.2. The molecular weight excluding hydrogens is 900 g/mol. The van der Waals surface area contributed by atoms with E-state index in [2.05, 4.69) is 50.2 Å². The second-order valence-corrected chi connectivity index (χ2v) is 26.5. The molecule has 0 spiro atoms. The van der Waals surface area contributed by atoms with Gasteiger partial charge >= 0.3 is 13.7 Å². The van der Waals surface area contributed by atoms with E-state index in [1.54, 1.807) is 72.7 Å². The molecule has 1 N–H and O–H groups in total. The number of aromatic nitrogens is 8. The number of carbonyl (C=O) groups is 1. The van der Waals surface area contributed by atoms with Crippen LogP contribution in [0.3, 0.4) is 0 Å². The van der Waals surface area contributed by atoms with Crippen molar-refractivity contribution < 1.29 is 51.9 Å². The smallest absolute Gasteiger partial charge is 0.416 e. The van der Waals surface area contributed by atoms with Crippen LogP contribution in [0.2, 0.25) is 36.0 Å². The summed E-state index contributed by atoms with van der Waals surface area (Å²) in [4.78, 5) is 24.2. The van der Waals surface area contributed by atoms with E-state index in [0.717, 1.165) is 6.04 Å². The van der Waals surface area contributed by atoms with Crippen molar-refractivity contribution in [2.75, 3.05) is 37.9 Å². The number of halogens is 2. The fourth-order valence-electron chi connectivity index (χ4n) is 7.10. The number of aliphatic hydroxyl groups excluding tert-OH is 1. The molecule has 348 valence electrons. The Labute approximate surface area is 377 Å². The van der Waals surface area contributed by atoms with Gasteiger partial charge in [0.1, 0.15) is 30.6 Å². The van der Waals surface area contributed by atoms with Crippen LogP contribution in [0.25, 0.3) is 11.0 Å². The first kappa shape index (κ1) is 49.3. The largest absolute Gasteiger partial charge is 0.443 e. The number of rotatable bonds is 20. The first-order valence-corrected chi connectivity index (χ1v) is 26.7. The second-order valence-electron chi connectivity index (χ2n) is 17.8. The first-order chi connectivity index (χ1) is 29.6. The van der Waals surface area contributed by atoms with Gasteiger partial charge in [-0.25, -0.2) is 14.2 Å². The highest BCUT2D eigenvalue weighted by Gasteiger charge is 2.59. The van der Waals surface area contributed by atoms with Gasteiger partial charge < -0.3 is 42.6 Å². The first-order valence-electron chi connectivity index (χ1n) is 20.7. The van der Waals surface area contributed by atoms with Gasteiger partial charge in [-0.05, 0) is 88.2 Å². The Bertz CT molecular complexity index is 2250. The maximum Gasteiger partial charge on any atom is 0.416 e. The Morgan fingerprint density at radius 2 is 1.76 bits per heavy atom. The van der Waals surface area contributed by atoms with E-state index in [9.17, 15) is 14.5 Å². The third-order valence-electron chi connectivity index (χ3n) is 10.0. The lowest BCUT2D eigenvalue weighted by Crippen LogP contribution is -2.45. The Hall–Kier alpha value is -3.18. The van der Waals surface area contributed by atoms with Gasteiger partial charge in [0.15, 0.2) is 34.6 Å². The quantitative estimate of drug-likeness (QED) is 0.0408. The lowest BCUT2D eigenvalue weighted by atomic mass is 10.1. The van der Waals surface area contributed by atoms with E-state index in [1.807, 2.05) is 0 Å². The molecule has 0 saturated carbocycles. The molecule has 5 heterocycles. The van der Waals surface area contributed by atoms with Crippen LogP contribution in [0.15, 0.2) is 30.5 Å². The summed E-state index contributed by atoms with van der Waals surface area (Å²) in [6.07, 6.45) is -3.00. The number of fused-ring (bicyclic) bond motifs is 2. The minimum atomic E-state index is -4.30. The van der Waals surface area contributed by atoms with Crippen molar-refractivity contribution in [1.29, 1.82) is 0 Å². The fraction of sp³-hybridized carbons (Fsp3) is 0.667. The molecule has 20 nitrogen and oxygen atoms in total. The standard InChI is InChI=1S/C39H58Cl2N9O11PSi/c1-11-56-62(53,57-12-2)39(23-51,19-29-45-46-47-49(29)24-54-17-18-63(8,9)10)55-22-28-30-31(60-38(6,7)59-30)34(58-28)50-33-26(20-42-50)32(43-35(41)44-33)48(36(52)61-37(3,4)5)21-25-15-13-14-16-27(25)40/h13-16,20,28,30-31,34,51H,11-12,17-19,21-24H2,1-10H3/t28-,30-,31-,34-,39+/m1/s1. The number of hydrogen-bond donors (Lipinski definition) is 1. The van der Waals surface area contributed by atoms with Crippen LogP contribution in [0.4, 0.5) is 10.6 Å². The minimum Gasteiger partial charge on any atom is -0.443 e. The Kier molecular flexibility index (Phi) is 15.4. The van der Waals surface area contributed by atoms with Crippen molar-refractivity contribution in [3.8, 4) is 0 Å². The van der Waals surface area contributed by atoms with E-state index in [-0.39, 0.29) is 62.1 Å². The number of aliphatic hydroxyl groups is 1. The summed E-state index contributed by atoms with van der Waals surface area (Å²) in [5.41, 5.74) is -0.0183. The van der Waals surface area contributed by atoms with E-state index in [1.165, 1.54) is 20.5 Å². The molecule has 4 aromatic rings. The van der Waals surface area contributed by atoms with Crippen molar-refractivity contribution in [2.24, 2.45) is 0 Å². The average Bonchev–Trinajstić information content (AvgIpc) is 3.96. The van der Waals surface area contributed by atoms with Gasteiger partial charge in [-0.15, -0.1) is 5.10 Å². The number of ether oxygens (including phenoxy) is 6. The Morgan fingerprint density at radius 3 is 2.41 bits per heavy atom. The van der Waals surface area contributed by atoms with E-state index in [0.29, 0.717) is 22.6 Å². The third-order valence-corrected chi connectivity index (χ3v) is 14.9. The zero-order valence-corrected chi connectivity index (χ0v) is 40.7. The van der Waals surface area contributed by atoms with Crippen LogP contribution in [0.1, 0.15) is 66.1 Å². The summed E-state index contributed by atoms with van der Waals surface area (Å²) in [7, 11) is -5.67. The summed E-state index contributed by atoms with van der Waals surface area (Å²) in [5.74, 6) is -0.759. The molecule has 2 fully saturated rings. The number of benzene rings is 1. The Morgan fingerprint density at radius 1 is 1.06 bits per heavy atom. The molecule has 24 heteroatoms. The lowest BCUT2D eigenvalue weighted by molar-refractivity contribution is -0.207. The van der Waals surface area contributed by atoms with Crippen molar-refractivity contribution in [3.05, 3.63) is 52.2 Å². The summed E-state index contributed by atoms with van der Waals surface area (Å²) >= 11 is 13.2. The SMILES string of the molecule is CCOP(=O)(OCC)[C@](CO)(Cc1nnnn1COCC[Si](C)(C)C)OC[C@H]1O[C@@H](n2ncc3c(N(Cc4ccccc4Cl)C(=O)OC(C)(C)C)nc(Cl)nc32)[C@@H]2OC(C)(C)O[C@@H]21. The molecule has 0 radical (unpaired) electrons. The average molecular weight is 959 g/mol. The molecule has 0 aliphatic carbocycles. The highest BCUT2D eigenvalue weighted by atomic mass is 35.5. The van der Waals surface area contributed by atoms with Crippen LogP contribution in [-0.4, -0.2) is 127 Å². The molecule has 5 atom stereocenters. The predicted molar refractivity (Wildman–Crippen MR) is 234 cm³/mol. The van der Waals surface area contributed by atoms with Crippen molar-refractivity contribution in [1.82, 2.24) is 40.0 Å². The van der Waals surface area contributed by atoms with Gasteiger partial charge in [0.25, 0.3) is 0 Å². The number of tetrazole rings is 1. The molecule has 1 amide bonds. The summed E-state index contributed by atoms with van der Waals surface area (Å²) in [6.45, 7) is 18.2. The molecule has 2 saturated heterocycles. The fourth-order valence-corrected chi connectivity index (χ4v) is 10.2. The summed E-state index contributed by atoms with van der Waals surface area (Å²) in [5, 5.41) is 26.5. The van der Waals surface area contributed by atoms with E-state index in [4.69, 9.17) is 60.7 Å². The molecule has 2 aliphatic rings. The van der Waals surface area contributed by atoms with Gasteiger partial charge in [0.05, 0.1) is 51.0 Å². The van der Waals surface area contributed by atoms with E-state index >= 15 is 0 Å². The number of hydrogen-bond acceptors (Lipinski definition) is 17. The number of carbonyl (C=O) groups excluding carboxylic acids is 1. The van der Waals surface area contributed by atoms with Crippen LogP contribution < -0.4 is 4.90 Å². The topological polar surface area (TPSA) is 219 Å². The maximum absolute atomic E-state index is 14.8. The Balaban J connectivity index is 1.34. The monoisotopic (exact) mass is 957 g/mol. The second kappa shape index (κ2) is 19.7. The molecule has 0 unspecified atom stereocenters. The summed E-state index contributed by atoms with van der Waals surface area (Å²) < 4.78 is 67.0. The zero-order valence-electron chi connectivity index (χ0n) is 37.3. The van der Waals surface area contributed by atoms with Gasteiger partial charge in [-0.1, -0.05) is 49.4 Å². The van der Waals surface area contributed by atoms with Gasteiger partial charge in [0.2, 0.25) is 5.28 Å². The zero-order chi connectivity index (χ0) is 46.0. The third kappa shape index (κ3) is 11.4. The van der Waals surface area contributed by atoms with Gasteiger partial charge in [-0.3, -0.25) is 9.46 Å². The highest BCUT2D eigenvalue weighted by Crippen LogP contribution is 2.62. The van der Waals surface area contributed by atoms with Crippen LogP contribution in [0, 0.1) is 0 Å². The van der Waals surface area contributed by atoms with Gasteiger partial charge in [-0.2, -0.15) is 15.1 Å². The van der Waals surface area contributed by atoms with Crippen LogP contribution >= 0.6 is 30.8 Å². The predicted octanol–water partition coefficient (Wildman–Crippen LogP) is 7.01. The van der Waals surface area contributed by atoms with Crippen molar-refractivity contribution in [2.45, 2.75) is 135 Å². The lowest BCUT2D eigenvalue weighted by Gasteiger charge is -2.37. The molecule has 6 rings (SSSR count). The number of nitrogens with zero attached hydrogens (tertiary/aromatic N) is 9. The number of anilines is 1. The molecule has 63 heavy (non-hydrogen) atoms. The van der Waals surface area contributed by atoms with Gasteiger partial charge in [0, 0.05) is 19.7 Å². The van der Waals surface area contributed by atoms with Crippen molar-refractivity contribution in [3.63, 3.8) is 0 Å². The summed E-state index contributed by atoms with van der Waals surface area (Å²) in [6, 6.07) is 8.02. The maximum atomic E-state index is 14.8. The number of amides is 1. The molecule has 1 aromatic carbocycles. The molecule has 0 bridgehead atoms. The highest BCUT2D eigenvalue weighted by molar-refractivity contribution is 7.55. The van der Waals surface area contributed by atoms with Crippen molar-refractivity contribution >= 4 is 61.8 Å². The van der Waals surface area contributed by atoms with E-state index < -0.39 is 69.6 Å². The van der Waals surface area contributed by atoms with Crippen LogP contribution in [0.5, 0.6) is 0 Å². The minimum absolute atomic E-state index is 0.0158. The van der Waals surface area contributed by atoms with Crippen LogP contribution in [-0.2, 0) is 61.7 Å². The molecule has 2 aliphatic heterocycles.